The quantitative estimate of drug-likeness (QED) is 0.0539. The zero-order valence-corrected chi connectivity index (χ0v) is 49.9. The number of amides is 6. The molecule has 0 saturated heterocycles. The van der Waals surface area contributed by atoms with Gasteiger partial charge in [-0.2, -0.15) is 33.7 Å². The first kappa shape index (κ1) is 62.4. The second-order valence-corrected chi connectivity index (χ2v) is 22.9. The molecule has 408 valence electrons. The Hall–Kier alpha value is -6.81. The normalized spacial score (nSPS) is 11.7. The van der Waals surface area contributed by atoms with Gasteiger partial charge in [0.25, 0.3) is 64.1 Å². The molecule has 25 nitrogen and oxygen atoms in total. The molecule has 0 radical (unpaired) electrons. The minimum absolute atomic E-state index is 0. The second-order valence-electron chi connectivity index (χ2n) is 17.4. The first-order chi connectivity index (χ1) is 36.4. The van der Waals surface area contributed by atoms with Crippen LogP contribution in [0, 0.1) is 13.8 Å². The number of carbonyl (C=O) groups excluding carboxylic acids is 5. The van der Waals surface area contributed by atoms with Crippen LogP contribution in [-0.2, 0) is 54.6 Å². The van der Waals surface area contributed by atoms with Crippen molar-refractivity contribution < 1.29 is 138 Å². The Balaban J connectivity index is 0.00000361. The maximum absolute atomic E-state index is 13.6. The van der Waals surface area contributed by atoms with Crippen molar-refractivity contribution in [3.63, 3.8) is 0 Å². The molecule has 0 saturated carbocycles. The van der Waals surface area contributed by atoms with Crippen molar-refractivity contribution in [1.29, 1.82) is 0 Å². The molecule has 0 fully saturated rings. The van der Waals surface area contributed by atoms with E-state index in [0.717, 1.165) is 48.5 Å². The molecular weight excluding hydrogens is 1150 g/mol. The number of urea groups is 1. The van der Waals surface area contributed by atoms with Gasteiger partial charge in [0, 0.05) is 70.5 Å². The Kier molecular flexibility index (Phi) is 18.5. The van der Waals surface area contributed by atoms with E-state index in [9.17, 15) is 75.9 Å². The summed E-state index contributed by atoms with van der Waals surface area (Å²) in [5.41, 5.74) is 0.710. The fraction of sp³-hybridized carbons (Fsp3) is 0.0816. The number of hydrogen-bond donors (Lipinski definition) is 10. The van der Waals surface area contributed by atoms with Crippen molar-refractivity contribution in [2.45, 2.75) is 33.4 Å². The van der Waals surface area contributed by atoms with Crippen LogP contribution in [0.15, 0.2) is 141 Å². The Morgan fingerprint density at radius 1 is 0.412 bits per heavy atom. The zero-order valence-electron chi connectivity index (χ0n) is 44.7. The molecule has 31 heteroatoms. The number of hydrogen-bond acceptors (Lipinski definition) is 13. The molecule has 6 amide bonds. The maximum Gasteiger partial charge on any atom is 1.00 e. The fourth-order valence-corrected chi connectivity index (χ4v) is 11.5. The van der Waals surface area contributed by atoms with E-state index in [1.807, 2.05) is 0 Å². The molecule has 0 unspecified atom stereocenters. The van der Waals surface area contributed by atoms with Gasteiger partial charge in [0.05, 0.1) is 22.7 Å². The Morgan fingerprint density at radius 2 is 0.762 bits per heavy atom. The van der Waals surface area contributed by atoms with Gasteiger partial charge in [0.15, 0.2) is 0 Å². The summed E-state index contributed by atoms with van der Waals surface area (Å²) < 4.78 is 140. The van der Waals surface area contributed by atoms with E-state index < -0.39 is 101 Å². The van der Waals surface area contributed by atoms with E-state index >= 15 is 0 Å². The first-order valence-electron chi connectivity index (χ1n) is 22.3. The number of carbonyl (C=O) groups is 5. The van der Waals surface area contributed by atoms with Crippen molar-refractivity contribution in [3.8, 4) is 0 Å². The number of rotatable bonds is 14. The Morgan fingerprint density at radius 3 is 1.10 bits per heavy atom. The topological polar surface area (TPSA) is 385 Å². The summed E-state index contributed by atoms with van der Waals surface area (Å²) >= 11 is 0. The molecule has 10 N–H and O–H groups in total. The van der Waals surface area contributed by atoms with Crippen LogP contribution in [0.25, 0.3) is 21.5 Å². The molecule has 2 heterocycles. The van der Waals surface area contributed by atoms with E-state index in [1.54, 1.807) is 13.8 Å². The number of aryl methyl sites for hydroxylation is 4. The van der Waals surface area contributed by atoms with Crippen LogP contribution in [0.3, 0.4) is 0 Å². The van der Waals surface area contributed by atoms with Crippen LogP contribution in [0.4, 0.5) is 38.9 Å². The van der Waals surface area contributed by atoms with Gasteiger partial charge < -0.3 is 43.9 Å². The van der Waals surface area contributed by atoms with Crippen molar-refractivity contribution in [1.82, 2.24) is 9.13 Å². The number of fused-ring (bicyclic) bond motifs is 2. The minimum atomic E-state index is -5.11. The van der Waals surface area contributed by atoms with Gasteiger partial charge in [-0.25, -0.2) is 4.79 Å². The van der Waals surface area contributed by atoms with Crippen molar-refractivity contribution in [2.75, 3.05) is 31.9 Å². The van der Waals surface area contributed by atoms with Gasteiger partial charge in [0.1, 0.15) is 31.0 Å². The molecule has 6 aromatic carbocycles. The van der Waals surface area contributed by atoms with Gasteiger partial charge >= 0.3 is 65.1 Å². The molecule has 80 heavy (non-hydrogen) atoms. The molecule has 0 aliphatic rings. The second kappa shape index (κ2) is 23.7. The van der Waals surface area contributed by atoms with Gasteiger partial charge in [-0.3, -0.25) is 37.4 Å². The third-order valence-corrected chi connectivity index (χ3v) is 15.7. The van der Waals surface area contributed by atoms with E-state index in [-0.39, 0.29) is 129 Å². The van der Waals surface area contributed by atoms with Gasteiger partial charge in [-0.05, 0) is 85.6 Å². The van der Waals surface area contributed by atoms with Crippen LogP contribution in [0.5, 0.6) is 0 Å². The van der Waals surface area contributed by atoms with E-state index in [0.29, 0.717) is 11.1 Å². The van der Waals surface area contributed by atoms with Crippen LogP contribution in [0.1, 0.15) is 55.7 Å². The number of nitrogens with zero attached hydrogens (tertiary/aromatic N) is 2. The van der Waals surface area contributed by atoms with Crippen LogP contribution in [0.2, 0.25) is 0 Å². The van der Waals surface area contributed by atoms with E-state index in [4.69, 9.17) is 0 Å². The third-order valence-electron chi connectivity index (χ3n) is 12.0. The van der Waals surface area contributed by atoms with Crippen molar-refractivity contribution in [3.05, 3.63) is 155 Å². The monoisotopic (exact) mass is 1190 g/mol. The summed E-state index contributed by atoms with van der Waals surface area (Å²) in [5, 5.41) is 14.2. The SMILES string of the molecule is Cc1ccc(C(=O)Nc2ccc3c(S(=O)(=O)O)cccc3c2S(=O)(=O)O)cc1NC(=O)c1cc(NC(=O)Nc2cc(C(=O)Nc3cc(C(=O)Nc4ccc5c(S(=O)(=O)O)cccc5c4S(=O)(=O)O)ccc3C)n(C)c2)cn1C.[H-].[H-].[Na+].[Na+]. The average molecular weight is 1190 g/mol. The smallest absolute Gasteiger partial charge is 1.00 e. The summed E-state index contributed by atoms with van der Waals surface area (Å²) in [7, 11) is -16.8. The van der Waals surface area contributed by atoms with Gasteiger partial charge in [0.2, 0.25) is 0 Å². The number of nitrogens with one attached hydrogen (secondary N) is 6. The largest absolute Gasteiger partial charge is 1.00 e. The molecule has 2 aromatic heterocycles. The number of anilines is 6. The van der Waals surface area contributed by atoms with Crippen molar-refractivity contribution >= 4 is 126 Å². The number of benzene rings is 6. The average Bonchev–Trinajstić information content (AvgIpc) is 3.56. The van der Waals surface area contributed by atoms with Crippen LogP contribution < -0.4 is 91.0 Å². The Labute approximate surface area is 503 Å². The van der Waals surface area contributed by atoms with Gasteiger partial charge in [-0.1, -0.05) is 48.5 Å². The predicted octanol–water partition coefficient (Wildman–Crippen LogP) is 1.16. The third kappa shape index (κ3) is 13.5. The zero-order chi connectivity index (χ0) is 57.0. The van der Waals surface area contributed by atoms with Crippen LogP contribution >= 0.6 is 0 Å². The molecule has 0 atom stereocenters. The van der Waals surface area contributed by atoms with Crippen molar-refractivity contribution in [2.24, 2.45) is 14.1 Å². The summed E-state index contributed by atoms with van der Waals surface area (Å²) in [6.07, 6.45) is 2.86. The molecule has 8 rings (SSSR count). The summed E-state index contributed by atoms with van der Waals surface area (Å²) in [6, 6.07) is 21.3. The Bertz CT molecular complexity index is 4130. The van der Waals surface area contributed by atoms with E-state index in [1.165, 1.54) is 96.3 Å². The molecular formula is C49H44N8Na2O17S4. The predicted molar refractivity (Wildman–Crippen MR) is 287 cm³/mol. The standard InChI is InChI=1S/C49H42N8O17S4.2Na.2H/c1-25-11-13-27(45(58)52-35-17-15-31-33(43(35)77(69,70)71)7-5-9-41(31)75(63,64)65)19-37(25)54-47(60)39-21-29(23-56(39)3)50-49(62)51-30-22-40(57(4)24-30)48(61)55-38-20-28(14-12-26(38)2)46(59)53-36-18-16-32-34(44(36)78(72,73)74)8-6-10-42(32)76(66,67)68;;;;/h5-24H,1-4H3,(H,52,58)(H,53,59)(H,54,60)(H,55,61)(H2,50,51,62)(H,63,64,65)(H,66,67,68)(H,69,70,71)(H,72,73,74);;;;/q;2*+1;2*-1. The molecule has 0 bridgehead atoms. The molecule has 8 aromatic rings. The fourth-order valence-electron chi connectivity index (χ4n) is 8.37. The summed E-state index contributed by atoms with van der Waals surface area (Å²) in [6.45, 7) is 3.26. The van der Waals surface area contributed by atoms with Crippen LogP contribution in [-0.4, -0.2) is 90.7 Å². The molecule has 0 aliphatic carbocycles. The maximum atomic E-state index is 13.6. The van der Waals surface area contributed by atoms with Gasteiger partial charge in [-0.15, -0.1) is 0 Å². The summed E-state index contributed by atoms with van der Waals surface area (Å²) in [5.74, 6) is -3.14. The number of aromatic nitrogens is 2. The summed E-state index contributed by atoms with van der Waals surface area (Å²) in [4.78, 5) is 64.5. The minimum Gasteiger partial charge on any atom is -1.00 e. The first-order valence-corrected chi connectivity index (χ1v) is 28.0. The molecule has 0 spiro atoms. The van der Waals surface area contributed by atoms with E-state index in [2.05, 4.69) is 31.9 Å². The molecule has 0 aliphatic heterocycles.